The molecule has 5 heteroatoms. The summed E-state index contributed by atoms with van der Waals surface area (Å²) in [6.45, 7) is -0.132. The molecule has 3 aromatic carbocycles. The van der Waals surface area contributed by atoms with Crippen LogP contribution in [0.5, 0.6) is 5.75 Å². The minimum Gasteiger partial charge on any atom is -0.483 e. The molecule has 0 spiro atoms. The highest BCUT2D eigenvalue weighted by atomic mass is 35.5. The van der Waals surface area contributed by atoms with Crippen LogP contribution in [-0.2, 0) is 4.79 Å². The van der Waals surface area contributed by atoms with Gasteiger partial charge in [-0.05, 0) is 29.8 Å². The van der Waals surface area contributed by atoms with Crippen LogP contribution in [-0.4, -0.2) is 12.5 Å². The van der Waals surface area contributed by atoms with Crippen LogP contribution in [0.25, 0.3) is 11.1 Å². The van der Waals surface area contributed by atoms with E-state index in [9.17, 15) is 4.79 Å². The molecule has 3 aromatic rings. The first-order chi connectivity index (χ1) is 12.1. The number of carbonyl (C=O) groups is 1. The number of amides is 1. The highest BCUT2D eigenvalue weighted by Gasteiger charge is 2.10. The molecule has 3 nitrogen and oxygen atoms in total. The standard InChI is InChI=1S/C20H15Cl2NO2/c21-15-10-11-17(22)18(12-15)23-20(24)13-25-19-9-5-4-8-16(19)14-6-2-1-3-7-14/h1-12H,13H2,(H,23,24). The lowest BCUT2D eigenvalue weighted by Crippen LogP contribution is -2.20. The first kappa shape index (κ1) is 17.3. The molecule has 1 amide bonds. The molecule has 0 radical (unpaired) electrons. The third-order valence-corrected chi connectivity index (χ3v) is 4.10. The van der Waals surface area contributed by atoms with E-state index in [1.54, 1.807) is 18.2 Å². The smallest absolute Gasteiger partial charge is 0.262 e. The number of benzene rings is 3. The molecule has 0 aliphatic carbocycles. The second kappa shape index (κ2) is 8.06. The zero-order chi connectivity index (χ0) is 17.6. The van der Waals surface area contributed by atoms with E-state index >= 15 is 0 Å². The van der Waals surface area contributed by atoms with E-state index in [0.29, 0.717) is 21.5 Å². The van der Waals surface area contributed by atoms with Gasteiger partial charge < -0.3 is 10.1 Å². The zero-order valence-corrected chi connectivity index (χ0v) is 14.7. The first-order valence-corrected chi connectivity index (χ1v) is 8.41. The van der Waals surface area contributed by atoms with Crippen molar-refractivity contribution in [3.63, 3.8) is 0 Å². The Bertz CT molecular complexity index is 882. The molecule has 3 rings (SSSR count). The Morgan fingerprint density at radius 2 is 1.64 bits per heavy atom. The molecule has 0 aliphatic rings. The summed E-state index contributed by atoms with van der Waals surface area (Å²) < 4.78 is 5.71. The van der Waals surface area contributed by atoms with Crippen LogP contribution in [0.4, 0.5) is 5.69 Å². The molecule has 0 bridgehead atoms. The quantitative estimate of drug-likeness (QED) is 0.626. The molecule has 0 aromatic heterocycles. The molecule has 126 valence electrons. The summed E-state index contributed by atoms with van der Waals surface area (Å²) in [5.41, 5.74) is 2.41. The van der Waals surface area contributed by atoms with Crippen molar-refractivity contribution in [1.82, 2.24) is 0 Å². The minimum absolute atomic E-state index is 0.132. The van der Waals surface area contributed by atoms with Crippen LogP contribution < -0.4 is 10.1 Å². The second-order valence-electron chi connectivity index (χ2n) is 5.32. The molecule has 0 saturated carbocycles. The largest absolute Gasteiger partial charge is 0.483 e. The number of ether oxygens (including phenoxy) is 1. The minimum atomic E-state index is -0.313. The molecule has 0 aliphatic heterocycles. The van der Waals surface area contributed by atoms with Crippen molar-refractivity contribution in [3.8, 4) is 16.9 Å². The van der Waals surface area contributed by atoms with E-state index in [0.717, 1.165) is 11.1 Å². The summed E-state index contributed by atoms with van der Waals surface area (Å²) in [4.78, 5) is 12.2. The average molecular weight is 372 g/mol. The third kappa shape index (κ3) is 4.53. The molecule has 1 N–H and O–H groups in total. The van der Waals surface area contributed by atoms with Gasteiger partial charge in [0.15, 0.2) is 6.61 Å². The number of carbonyl (C=O) groups excluding carboxylic acids is 1. The maximum absolute atomic E-state index is 12.2. The monoisotopic (exact) mass is 371 g/mol. The summed E-state index contributed by atoms with van der Waals surface area (Å²) in [5, 5.41) is 3.61. The van der Waals surface area contributed by atoms with Gasteiger partial charge in [-0.15, -0.1) is 0 Å². The Kier molecular flexibility index (Phi) is 5.59. The molecule has 25 heavy (non-hydrogen) atoms. The number of rotatable bonds is 5. The van der Waals surface area contributed by atoms with Crippen molar-refractivity contribution in [2.75, 3.05) is 11.9 Å². The van der Waals surface area contributed by atoms with Crippen LogP contribution in [0.2, 0.25) is 10.0 Å². The van der Waals surface area contributed by atoms with Crippen LogP contribution in [0, 0.1) is 0 Å². The Morgan fingerprint density at radius 3 is 2.44 bits per heavy atom. The SMILES string of the molecule is O=C(COc1ccccc1-c1ccccc1)Nc1cc(Cl)ccc1Cl. The predicted molar refractivity (Wildman–Crippen MR) is 102 cm³/mol. The van der Waals surface area contributed by atoms with Crippen molar-refractivity contribution < 1.29 is 9.53 Å². The van der Waals surface area contributed by atoms with Gasteiger partial charge >= 0.3 is 0 Å². The highest BCUT2D eigenvalue weighted by molar-refractivity contribution is 6.35. The van der Waals surface area contributed by atoms with Gasteiger partial charge in [0.25, 0.3) is 5.91 Å². The maximum atomic E-state index is 12.2. The molecule has 0 heterocycles. The number of para-hydroxylation sites is 1. The van der Waals surface area contributed by atoms with Crippen molar-refractivity contribution in [1.29, 1.82) is 0 Å². The molecule has 0 atom stereocenters. The zero-order valence-electron chi connectivity index (χ0n) is 13.2. The van der Waals surface area contributed by atoms with Gasteiger partial charge in [0, 0.05) is 10.6 Å². The maximum Gasteiger partial charge on any atom is 0.262 e. The molecular weight excluding hydrogens is 357 g/mol. The number of halogens is 2. The Balaban J connectivity index is 1.70. The van der Waals surface area contributed by atoms with Gasteiger partial charge in [0.05, 0.1) is 10.7 Å². The normalized spacial score (nSPS) is 10.3. The van der Waals surface area contributed by atoms with E-state index in [1.165, 1.54) is 0 Å². The number of nitrogens with one attached hydrogen (secondary N) is 1. The fraction of sp³-hybridized carbons (Fsp3) is 0.0500. The van der Waals surface area contributed by atoms with Crippen molar-refractivity contribution in [2.24, 2.45) is 0 Å². The molecule has 0 saturated heterocycles. The topological polar surface area (TPSA) is 38.3 Å². The van der Waals surface area contributed by atoms with Gasteiger partial charge in [0.2, 0.25) is 0 Å². The summed E-state index contributed by atoms with van der Waals surface area (Å²) in [6.07, 6.45) is 0. The fourth-order valence-electron chi connectivity index (χ4n) is 2.37. The van der Waals surface area contributed by atoms with Gasteiger partial charge in [-0.2, -0.15) is 0 Å². The van der Waals surface area contributed by atoms with E-state index in [-0.39, 0.29) is 12.5 Å². The Labute approximate surface area is 156 Å². The van der Waals surface area contributed by atoms with Gasteiger partial charge in [-0.25, -0.2) is 0 Å². The summed E-state index contributed by atoms with van der Waals surface area (Å²) in [7, 11) is 0. The van der Waals surface area contributed by atoms with Crippen molar-refractivity contribution >= 4 is 34.8 Å². The first-order valence-electron chi connectivity index (χ1n) is 7.65. The highest BCUT2D eigenvalue weighted by Crippen LogP contribution is 2.30. The summed E-state index contributed by atoms with van der Waals surface area (Å²) in [5.74, 6) is 0.327. The second-order valence-corrected chi connectivity index (χ2v) is 6.17. The van der Waals surface area contributed by atoms with E-state index in [4.69, 9.17) is 27.9 Å². The number of anilines is 1. The number of hydrogen-bond donors (Lipinski definition) is 1. The van der Waals surface area contributed by atoms with E-state index < -0.39 is 0 Å². The predicted octanol–water partition coefficient (Wildman–Crippen LogP) is 5.68. The lowest BCUT2D eigenvalue weighted by atomic mass is 10.1. The lowest BCUT2D eigenvalue weighted by molar-refractivity contribution is -0.118. The summed E-state index contributed by atoms with van der Waals surface area (Å²) >= 11 is 12.0. The van der Waals surface area contributed by atoms with Crippen molar-refractivity contribution in [2.45, 2.75) is 0 Å². The van der Waals surface area contributed by atoms with Crippen LogP contribution >= 0.6 is 23.2 Å². The van der Waals surface area contributed by atoms with Crippen LogP contribution in [0.3, 0.4) is 0 Å². The Morgan fingerprint density at radius 1 is 0.920 bits per heavy atom. The van der Waals surface area contributed by atoms with Crippen LogP contribution in [0.15, 0.2) is 72.8 Å². The van der Waals surface area contributed by atoms with E-state index in [2.05, 4.69) is 5.32 Å². The van der Waals surface area contributed by atoms with E-state index in [1.807, 2.05) is 54.6 Å². The van der Waals surface area contributed by atoms with Gasteiger partial charge in [-0.3, -0.25) is 4.79 Å². The molecular formula is C20H15Cl2NO2. The lowest BCUT2D eigenvalue weighted by Gasteiger charge is -2.12. The summed E-state index contributed by atoms with van der Waals surface area (Å²) in [6, 6.07) is 22.3. The molecule has 0 fully saturated rings. The number of hydrogen-bond acceptors (Lipinski definition) is 2. The van der Waals surface area contributed by atoms with Gasteiger partial charge in [-0.1, -0.05) is 71.7 Å². The fourth-order valence-corrected chi connectivity index (χ4v) is 2.71. The Hall–Kier alpha value is -2.49. The molecule has 0 unspecified atom stereocenters. The van der Waals surface area contributed by atoms with Gasteiger partial charge in [0.1, 0.15) is 5.75 Å². The van der Waals surface area contributed by atoms with Crippen molar-refractivity contribution in [3.05, 3.63) is 82.8 Å². The third-order valence-electron chi connectivity index (χ3n) is 3.53. The average Bonchev–Trinajstić information content (AvgIpc) is 2.64. The van der Waals surface area contributed by atoms with Crippen LogP contribution in [0.1, 0.15) is 0 Å².